The fourth-order valence-electron chi connectivity index (χ4n) is 3.08. The fourth-order valence-corrected chi connectivity index (χ4v) is 3.08. The average molecular weight is 251 g/mol. The van der Waals surface area contributed by atoms with Gasteiger partial charge in [0.05, 0.1) is 20.3 Å². The number of halogens is 1. The summed E-state index contributed by atoms with van der Waals surface area (Å²) < 4.78 is 24.2. The minimum Gasteiger partial charge on any atom is -0.494 e. The van der Waals surface area contributed by atoms with Crippen molar-refractivity contribution in [2.75, 3.05) is 26.9 Å². The first-order chi connectivity index (χ1) is 8.67. The quantitative estimate of drug-likeness (QED) is 0.888. The van der Waals surface area contributed by atoms with Crippen LogP contribution in [-0.4, -0.2) is 26.9 Å². The van der Waals surface area contributed by atoms with Gasteiger partial charge >= 0.3 is 0 Å². The number of rotatable bonds is 4. The molecule has 18 heavy (non-hydrogen) atoms. The van der Waals surface area contributed by atoms with Gasteiger partial charge in [-0.1, -0.05) is 6.07 Å². The molecule has 0 spiro atoms. The normalized spacial score (nSPS) is 23.3. The van der Waals surface area contributed by atoms with Crippen LogP contribution >= 0.6 is 0 Å². The van der Waals surface area contributed by atoms with Crippen LogP contribution in [0.5, 0.6) is 5.75 Å². The molecule has 4 heteroatoms. The molecular weight excluding hydrogens is 233 g/mol. The molecule has 3 nitrogen and oxygen atoms in total. The van der Waals surface area contributed by atoms with Crippen molar-refractivity contribution in [2.24, 2.45) is 11.1 Å². The van der Waals surface area contributed by atoms with E-state index in [1.165, 1.54) is 7.11 Å². The lowest BCUT2D eigenvalue weighted by molar-refractivity contribution is -0.0974. The Bertz CT molecular complexity index is 467. The highest BCUT2D eigenvalue weighted by atomic mass is 19.1. The summed E-state index contributed by atoms with van der Waals surface area (Å²) in [6, 6.07) is 5.22. The van der Waals surface area contributed by atoms with Gasteiger partial charge in [0.15, 0.2) is 11.6 Å². The van der Waals surface area contributed by atoms with E-state index in [1.807, 2.05) is 6.07 Å². The maximum atomic E-state index is 13.9. The summed E-state index contributed by atoms with van der Waals surface area (Å²) in [6.45, 7) is 1.94. The van der Waals surface area contributed by atoms with Crippen LogP contribution in [0.4, 0.5) is 4.39 Å². The van der Waals surface area contributed by atoms with E-state index in [0.717, 1.165) is 18.4 Å². The molecule has 2 N–H and O–H groups in total. The first-order valence-electron chi connectivity index (χ1n) is 6.29. The van der Waals surface area contributed by atoms with Gasteiger partial charge in [0.25, 0.3) is 0 Å². The second-order valence-corrected chi connectivity index (χ2v) is 5.41. The van der Waals surface area contributed by atoms with Gasteiger partial charge in [-0.25, -0.2) is 4.39 Å². The molecule has 2 fully saturated rings. The van der Waals surface area contributed by atoms with Crippen molar-refractivity contribution < 1.29 is 13.9 Å². The molecule has 0 unspecified atom stereocenters. The molecule has 1 saturated heterocycles. The average Bonchev–Trinajstić information content (AvgIpc) is 3.09. The Morgan fingerprint density at radius 3 is 2.50 bits per heavy atom. The zero-order valence-corrected chi connectivity index (χ0v) is 10.5. The van der Waals surface area contributed by atoms with Gasteiger partial charge < -0.3 is 15.2 Å². The van der Waals surface area contributed by atoms with Gasteiger partial charge in [0, 0.05) is 5.41 Å². The second-order valence-electron chi connectivity index (χ2n) is 5.41. The minimum atomic E-state index is -0.311. The molecule has 1 aromatic carbocycles. The van der Waals surface area contributed by atoms with Gasteiger partial charge in [0.1, 0.15) is 0 Å². The Balaban J connectivity index is 2.00. The van der Waals surface area contributed by atoms with Crippen molar-refractivity contribution in [1.29, 1.82) is 0 Å². The van der Waals surface area contributed by atoms with Gasteiger partial charge in [-0.2, -0.15) is 0 Å². The molecule has 1 saturated carbocycles. The molecule has 0 amide bonds. The van der Waals surface area contributed by atoms with E-state index in [2.05, 4.69) is 0 Å². The Morgan fingerprint density at radius 1 is 1.39 bits per heavy atom. The monoisotopic (exact) mass is 251 g/mol. The lowest BCUT2D eigenvalue weighted by Crippen LogP contribution is -2.56. The van der Waals surface area contributed by atoms with Crippen LogP contribution in [0.25, 0.3) is 0 Å². The second kappa shape index (κ2) is 3.93. The first-order valence-corrected chi connectivity index (χ1v) is 6.29. The topological polar surface area (TPSA) is 44.5 Å². The standard InChI is InChI=1S/C14H18FNO2/c1-17-12-3-2-10(6-11(12)15)14(8-18-9-14)13(7-16)4-5-13/h2-3,6H,4-5,7-9,16H2,1H3. The minimum absolute atomic E-state index is 0.0884. The largest absolute Gasteiger partial charge is 0.494 e. The maximum absolute atomic E-state index is 13.9. The third kappa shape index (κ3) is 1.42. The van der Waals surface area contributed by atoms with E-state index >= 15 is 0 Å². The highest BCUT2D eigenvalue weighted by Gasteiger charge is 2.62. The Morgan fingerprint density at radius 2 is 2.11 bits per heavy atom. The van der Waals surface area contributed by atoms with E-state index in [1.54, 1.807) is 12.1 Å². The third-order valence-electron chi connectivity index (χ3n) is 4.66. The van der Waals surface area contributed by atoms with Crippen molar-refractivity contribution in [3.05, 3.63) is 29.6 Å². The van der Waals surface area contributed by atoms with Crippen LogP contribution in [0.15, 0.2) is 18.2 Å². The summed E-state index contributed by atoms with van der Waals surface area (Å²) in [5.74, 6) is -0.0270. The number of nitrogens with two attached hydrogens (primary N) is 1. The van der Waals surface area contributed by atoms with E-state index in [9.17, 15) is 4.39 Å². The van der Waals surface area contributed by atoms with Crippen molar-refractivity contribution in [3.63, 3.8) is 0 Å². The highest BCUT2D eigenvalue weighted by Crippen LogP contribution is 2.61. The summed E-state index contributed by atoms with van der Waals surface area (Å²) >= 11 is 0. The summed E-state index contributed by atoms with van der Waals surface area (Å²) in [6.07, 6.45) is 2.22. The highest BCUT2D eigenvalue weighted by molar-refractivity contribution is 5.39. The number of ether oxygens (including phenoxy) is 2. The fraction of sp³-hybridized carbons (Fsp3) is 0.571. The van der Waals surface area contributed by atoms with Crippen molar-refractivity contribution >= 4 is 0 Å². The Kier molecular flexibility index (Phi) is 2.61. The van der Waals surface area contributed by atoms with Crippen molar-refractivity contribution in [1.82, 2.24) is 0 Å². The van der Waals surface area contributed by atoms with E-state index in [0.29, 0.717) is 19.8 Å². The predicted molar refractivity (Wildman–Crippen MR) is 66.2 cm³/mol. The Hall–Kier alpha value is -1.13. The smallest absolute Gasteiger partial charge is 0.165 e. The molecule has 1 heterocycles. The molecular formula is C14H18FNO2. The van der Waals surface area contributed by atoms with Gasteiger partial charge in [-0.15, -0.1) is 0 Å². The first kappa shape index (κ1) is 11.9. The molecule has 0 radical (unpaired) electrons. The van der Waals surface area contributed by atoms with E-state index < -0.39 is 0 Å². The molecule has 98 valence electrons. The molecule has 1 aliphatic carbocycles. The zero-order chi connectivity index (χ0) is 12.8. The van der Waals surface area contributed by atoms with E-state index in [-0.39, 0.29) is 22.4 Å². The summed E-state index contributed by atoms with van der Waals surface area (Å²) in [4.78, 5) is 0. The summed E-state index contributed by atoms with van der Waals surface area (Å²) in [5, 5.41) is 0. The molecule has 1 aliphatic heterocycles. The number of methoxy groups -OCH3 is 1. The number of benzene rings is 1. The molecule has 3 rings (SSSR count). The Labute approximate surface area is 106 Å². The van der Waals surface area contributed by atoms with Crippen LogP contribution in [0.3, 0.4) is 0 Å². The molecule has 0 bridgehead atoms. The maximum Gasteiger partial charge on any atom is 0.165 e. The van der Waals surface area contributed by atoms with Crippen LogP contribution in [0.2, 0.25) is 0 Å². The van der Waals surface area contributed by atoms with Crippen LogP contribution in [0, 0.1) is 11.2 Å². The van der Waals surface area contributed by atoms with Crippen molar-refractivity contribution in [3.8, 4) is 5.75 Å². The van der Waals surface area contributed by atoms with Gasteiger partial charge in [-0.3, -0.25) is 0 Å². The SMILES string of the molecule is COc1ccc(C2(C3(CN)CC3)COC2)cc1F. The lowest BCUT2D eigenvalue weighted by atomic mass is 9.66. The van der Waals surface area contributed by atoms with Crippen molar-refractivity contribution in [2.45, 2.75) is 18.3 Å². The number of hydrogen-bond donors (Lipinski definition) is 1. The van der Waals surface area contributed by atoms with E-state index in [4.69, 9.17) is 15.2 Å². The molecule has 1 aromatic rings. The molecule has 2 aliphatic rings. The van der Waals surface area contributed by atoms with Crippen LogP contribution in [0.1, 0.15) is 18.4 Å². The van der Waals surface area contributed by atoms with Crippen LogP contribution in [-0.2, 0) is 10.2 Å². The van der Waals surface area contributed by atoms with Crippen LogP contribution < -0.4 is 10.5 Å². The third-order valence-corrected chi connectivity index (χ3v) is 4.66. The molecule has 0 aromatic heterocycles. The summed E-state index contributed by atoms with van der Waals surface area (Å²) in [5.41, 5.74) is 6.95. The van der Waals surface area contributed by atoms with Gasteiger partial charge in [0.2, 0.25) is 0 Å². The zero-order valence-electron chi connectivity index (χ0n) is 10.5. The molecule has 0 atom stereocenters. The lowest BCUT2D eigenvalue weighted by Gasteiger charge is -2.48. The van der Waals surface area contributed by atoms with Gasteiger partial charge in [-0.05, 0) is 42.5 Å². The summed E-state index contributed by atoms with van der Waals surface area (Å²) in [7, 11) is 1.47. The number of hydrogen-bond acceptors (Lipinski definition) is 3. The predicted octanol–water partition coefficient (Wildman–Crippen LogP) is 1.84.